The molecule has 0 heterocycles. The molecule has 1 rings (SSSR count). The van der Waals surface area contributed by atoms with E-state index in [1.807, 2.05) is 13.1 Å². The normalized spacial score (nSPS) is 12.8. The molecule has 0 radical (unpaired) electrons. The summed E-state index contributed by atoms with van der Waals surface area (Å²) in [5.41, 5.74) is 1.32. The Balaban J connectivity index is 2.46. The maximum Gasteiger partial charge on any atom is 0.0735 e. The van der Waals surface area contributed by atoms with Gasteiger partial charge in [0.15, 0.2) is 0 Å². The Kier molecular flexibility index (Phi) is 4.50. The summed E-state index contributed by atoms with van der Waals surface area (Å²) in [6, 6.07) is 10.4. The maximum absolute atomic E-state index is 5.33. The summed E-state index contributed by atoms with van der Waals surface area (Å²) < 4.78 is 5.33. The number of benzene rings is 1. The smallest absolute Gasteiger partial charge is 0.0735 e. The molecule has 2 heteroatoms. The van der Waals surface area contributed by atoms with Gasteiger partial charge in [-0.3, -0.25) is 0 Å². The molecule has 1 aromatic carbocycles. The van der Waals surface area contributed by atoms with Crippen LogP contribution in [0.1, 0.15) is 5.56 Å². The fourth-order valence-electron chi connectivity index (χ4n) is 1.34. The lowest BCUT2D eigenvalue weighted by atomic mass is 10.1. The van der Waals surface area contributed by atoms with Crippen molar-refractivity contribution in [1.82, 2.24) is 5.32 Å². The fraction of sp³-hybridized carbons (Fsp3) is 0.455. The van der Waals surface area contributed by atoms with Gasteiger partial charge in [0.1, 0.15) is 0 Å². The van der Waals surface area contributed by atoms with Gasteiger partial charge < -0.3 is 10.1 Å². The molecule has 0 amide bonds. The van der Waals surface area contributed by atoms with E-state index in [9.17, 15) is 0 Å². The number of likely N-dealkylation sites (N-methyl/N-ethyl adjacent to an activating group) is 1. The van der Waals surface area contributed by atoms with Crippen molar-refractivity contribution in [2.75, 3.05) is 20.7 Å². The van der Waals surface area contributed by atoms with E-state index in [1.54, 1.807) is 7.11 Å². The minimum atomic E-state index is 0.271. The van der Waals surface area contributed by atoms with E-state index in [2.05, 4.69) is 29.6 Å². The van der Waals surface area contributed by atoms with Gasteiger partial charge in [0.05, 0.1) is 6.10 Å². The molecule has 0 fully saturated rings. The quantitative estimate of drug-likeness (QED) is 0.739. The first-order valence-electron chi connectivity index (χ1n) is 4.58. The van der Waals surface area contributed by atoms with E-state index in [-0.39, 0.29) is 6.10 Å². The summed E-state index contributed by atoms with van der Waals surface area (Å²) in [5, 5.41) is 3.11. The highest BCUT2D eigenvalue weighted by molar-refractivity contribution is 5.15. The minimum absolute atomic E-state index is 0.271. The highest BCUT2D eigenvalue weighted by Gasteiger charge is 2.05. The molecule has 0 aliphatic heterocycles. The molecule has 1 aromatic rings. The van der Waals surface area contributed by atoms with Crippen molar-refractivity contribution in [1.29, 1.82) is 0 Å². The largest absolute Gasteiger partial charge is 0.380 e. The van der Waals surface area contributed by atoms with Crippen LogP contribution in [-0.4, -0.2) is 26.8 Å². The molecule has 0 bridgehead atoms. The third kappa shape index (κ3) is 3.57. The van der Waals surface area contributed by atoms with E-state index in [0.717, 1.165) is 13.0 Å². The number of methoxy groups -OCH3 is 1. The summed E-state index contributed by atoms with van der Waals surface area (Å²) in [4.78, 5) is 0. The van der Waals surface area contributed by atoms with Crippen LogP contribution in [-0.2, 0) is 11.2 Å². The molecule has 1 N–H and O–H groups in total. The van der Waals surface area contributed by atoms with Gasteiger partial charge in [-0.05, 0) is 19.0 Å². The van der Waals surface area contributed by atoms with Crippen molar-refractivity contribution >= 4 is 0 Å². The molecule has 1 atom stereocenters. The second-order valence-electron chi connectivity index (χ2n) is 3.11. The van der Waals surface area contributed by atoms with Crippen molar-refractivity contribution in [2.24, 2.45) is 0 Å². The molecule has 0 aromatic heterocycles. The van der Waals surface area contributed by atoms with E-state index in [1.165, 1.54) is 5.56 Å². The first-order chi connectivity index (χ1) is 6.36. The summed E-state index contributed by atoms with van der Waals surface area (Å²) >= 11 is 0. The zero-order valence-corrected chi connectivity index (χ0v) is 8.29. The second kappa shape index (κ2) is 5.73. The highest BCUT2D eigenvalue weighted by Crippen LogP contribution is 2.04. The van der Waals surface area contributed by atoms with Gasteiger partial charge in [0.25, 0.3) is 0 Å². The first-order valence-corrected chi connectivity index (χ1v) is 4.58. The van der Waals surface area contributed by atoms with Gasteiger partial charge in [0, 0.05) is 13.7 Å². The number of hydrogen-bond acceptors (Lipinski definition) is 2. The van der Waals surface area contributed by atoms with Crippen LogP contribution in [0.25, 0.3) is 0 Å². The molecule has 0 aliphatic carbocycles. The topological polar surface area (TPSA) is 21.3 Å². The second-order valence-corrected chi connectivity index (χ2v) is 3.11. The standard InChI is InChI=1S/C11H17NO/c1-12-9-11(13-2)8-10-6-4-3-5-7-10/h3-7,11-12H,8-9H2,1-2H3. The molecule has 72 valence electrons. The Morgan fingerprint density at radius 3 is 2.54 bits per heavy atom. The summed E-state index contributed by atoms with van der Waals surface area (Å²) in [6.07, 6.45) is 1.24. The van der Waals surface area contributed by atoms with Crippen LogP contribution in [0.4, 0.5) is 0 Å². The SMILES string of the molecule is CNCC(Cc1ccccc1)OC. The maximum atomic E-state index is 5.33. The van der Waals surface area contributed by atoms with Crippen molar-refractivity contribution < 1.29 is 4.74 Å². The average molecular weight is 179 g/mol. The summed E-state index contributed by atoms with van der Waals surface area (Å²) in [5.74, 6) is 0. The van der Waals surface area contributed by atoms with Crippen molar-refractivity contribution in [2.45, 2.75) is 12.5 Å². The molecule has 1 unspecified atom stereocenters. The predicted octanol–water partition coefficient (Wildman–Crippen LogP) is 1.46. The molecule has 2 nitrogen and oxygen atoms in total. The number of hydrogen-bond donors (Lipinski definition) is 1. The number of ether oxygens (including phenoxy) is 1. The molecule has 0 aliphatic rings. The van der Waals surface area contributed by atoms with Crippen LogP contribution in [0, 0.1) is 0 Å². The van der Waals surface area contributed by atoms with Gasteiger partial charge in [-0.2, -0.15) is 0 Å². The van der Waals surface area contributed by atoms with Crippen molar-refractivity contribution in [3.63, 3.8) is 0 Å². The third-order valence-electron chi connectivity index (χ3n) is 2.07. The highest BCUT2D eigenvalue weighted by atomic mass is 16.5. The van der Waals surface area contributed by atoms with Gasteiger partial charge in [0.2, 0.25) is 0 Å². The lowest BCUT2D eigenvalue weighted by Gasteiger charge is -2.14. The van der Waals surface area contributed by atoms with Gasteiger partial charge in [-0.1, -0.05) is 30.3 Å². The number of nitrogens with one attached hydrogen (secondary N) is 1. The fourth-order valence-corrected chi connectivity index (χ4v) is 1.34. The van der Waals surface area contributed by atoms with Gasteiger partial charge >= 0.3 is 0 Å². The lowest BCUT2D eigenvalue weighted by molar-refractivity contribution is 0.104. The Labute approximate surface area is 79.9 Å². The van der Waals surface area contributed by atoms with E-state index in [0.29, 0.717) is 0 Å². The zero-order valence-electron chi connectivity index (χ0n) is 8.29. The Bertz CT molecular complexity index is 223. The molecule has 0 saturated heterocycles. The lowest BCUT2D eigenvalue weighted by Crippen LogP contribution is -2.27. The van der Waals surface area contributed by atoms with E-state index < -0.39 is 0 Å². The van der Waals surface area contributed by atoms with Gasteiger partial charge in [-0.15, -0.1) is 0 Å². The summed E-state index contributed by atoms with van der Waals surface area (Å²) in [7, 11) is 3.70. The molecule has 0 spiro atoms. The average Bonchev–Trinajstić information content (AvgIpc) is 2.19. The van der Waals surface area contributed by atoms with Crippen molar-refractivity contribution in [3.8, 4) is 0 Å². The van der Waals surface area contributed by atoms with E-state index in [4.69, 9.17) is 4.74 Å². The van der Waals surface area contributed by atoms with Crippen molar-refractivity contribution in [3.05, 3.63) is 35.9 Å². The van der Waals surface area contributed by atoms with Crippen LogP contribution in [0.15, 0.2) is 30.3 Å². The monoisotopic (exact) mass is 179 g/mol. The van der Waals surface area contributed by atoms with Crippen LogP contribution in [0.3, 0.4) is 0 Å². The van der Waals surface area contributed by atoms with Crippen LogP contribution in [0.2, 0.25) is 0 Å². The minimum Gasteiger partial charge on any atom is -0.380 e. The Morgan fingerprint density at radius 1 is 1.31 bits per heavy atom. The first kappa shape index (κ1) is 10.2. The molecular formula is C11H17NO. The van der Waals surface area contributed by atoms with Gasteiger partial charge in [-0.25, -0.2) is 0 Å². The summed E-state index contributed by atoms with van der Waals surface area (Å²) in [6.45, 7) is 0.894. The zero-order chi connectivity index (χ0) is 9.52. The molecular weight excluding hydrogens is 162 g/mol. The predicted molar refractivity (Wildman–Crippen MR) is 54.9 cm³/mol. The van der Waals surface area contributed by atoms with E-state index >= 15 is 0 Å². The van der Waals surface area contributed by atoms with Crippen LogP contribution in [0.5, 0.6) is 0 Å². The third-order valence-corrected chi connectivity index (χ3v) is 2.07. The molecule has 13 heavy (non-hydrogen) atoms. The Morgan fingerprint density at radius 2 is 2.00 bits per heavy atom. The Hall–Kier alpha value is -0.860. The van der Waals surface area contributed by atoms with Crippen LogP contribution < -0.4 is 5.32 Å². The number of rotatable bonds is 5. The van der Waals surface area contributed by atoms with Crippen LogP contribution >= 0.6 is 0 Å². The molecule has 0 saturated carbocycles.